The van der Waals surface area contributed by atoms with Crippen LogP contribution in [0.3, 0.4) is 0 Å². The average molecular weight is 682 g/mol. The number of aliphatic hydroxyl groups excluding tert-OH is 1. The first-order valence-corrected chi connectivity index (χ1v) is 16.1. The van der Waals surface area contributed by atoms with E-state index < -0.39 is 24.1 Å². The lowest BCUT2D eigenvalue weighted by Gasteiger charge is -2.31. The zero-order valence-electron chi connectivity index (χ0n) is 26.0. The number of likely N-dealkylation sites (N-methyl/N-ethyl adjacent to an activating group) is 2. The average Bonchev–Trinajstić information content (AvgIpc) is 3.79. The monoisotopic (exact) mass is 680 g/mol. The molecule has 4 aliphatic rings. The zero-order chi connectivity index (χ0) is 33.0. The van der Waals surface area contributed by atoms with Gasteiger partial charge in [-0.1, -0.05) is 53.5 Å². The van der Waals surface area contributed by atoms with E-state index in [9.17, 15) is 14.7 Å². The van der Waals surface area contributed by atoms with E-state index in [0.717, 1.165) is 30.4 Å². The van der Waals surface area contributed by atoms with Crippen molar-refractivity contribution in [2.75, 3.05) is 39.7 Å². The molecule has 3 N–H and O–H groups in total. The molecule has 2 amide bonds. The fourth-order valence-electron chi connectivity index (χ4n) is 6.53. The number of anilines is 1. The molecule has 0 spiro atoms. The third kappa shape index (κ3) is 5.83. The predicted molar refractivity (Wildman–Crippen MR) is 176 cm³/mol. The smallest absolute Gasteiger partial charge is 0.281 e. The number of hydrogen-bond donors (Lipinski definition) is 3. The van der Waals surface area contributed by atoms with Crippen LogP contribution in [0.15, 0.2) is 47.6 Å². The van der Waals surface area contributed by atoms with Crippen LogP contribution in [0.25, 0.3) is 22.4 Å². The summed E-state index contributed by atoms with van der Waals surface area (Å²) in [5.74, 6) is -0.736. The van der Waals surface area contributed by atoms with Crippen LogP contribution < -0.4 is 15.4 Å². The van der Waals surface area contributed by atoms with Gasteiger partial charge in [-0.3, -0.25) is 14.6 Å². The molecule has 7 rings (SSSR count). The molecule has 1 aliphatic carbocycles. The van der Waals surface area contributed by atoms with Crippen LogP contribution >= 0.6 is 23.2 Å². The molecule has 2 fully saturated rings. The van der Waals surface area contributed by atoms with Gasteiger partial charge < -0.3 is 34.9 Å². The number of halogens is 2. The van der Waals surface area contributed by atoms with Gasteiger partial charge in [0.1, 0.15) is 0 Å². The number of ether oxygens (including phenoxy) is 3. The second-order valence-electron chi connectivity index (χ2n) is 12.0. The number of benzene rings is 2. The second kappa shape index (κ2) is 12.7. The normalized spacial score (nSPS) is 25.1. The topological polar surface area (TPSA) is 141 Å². The van der Waals surface area contributed by atoms with E-state index in [1.54, 1.807) is 39.4 Å². The van der Waals surface area contributed by atoms with Gasteiger partial charge in [0.2, 0.25) is 11.6 Å². The molecule has 3 aromatic rings. The van der Waals surface area contributed by atoms with Gasteiger partial charge in [-0.2, -0.15) is 5.10 Å². The highest BCUT2D eigenvalue weighted by atomic mass is 35.5. The third-order valence-electron chi connectivity index (χ3n) is 9.10. The summed E-state index contributed by atoms with van der Waals surface area (Å²) in [5.41, 5.74) is 4.69. The van der Waals surface area contributed by atoms with E-state index in [0.29, 0.717) is 52.2 Å². The Morgan fingerprint density at radius 3 is 2.57 bits per heavy atom. The zero-order valence-corrected chi connectivity index (χ0v) is 27.5. The number of nitrogens with zero attached hydrogens (tertiary/aromatic N) is 4. The third-order valence-corrected chi connectivity index (χ3v) is 9.91. The van der Waals surface area contributed by atoms with Crippen LogP contribution in [0, 0.1) is 0 Å². The SMILES string of the molecule is COc1nc(-c2cccc(-c3cccc(NC(=O)C4=NN(C)C5OC5N(C)C4=O)c3Cl)c2Cl)cc2c1[C@H](N[C@@H]1CCOC[C@H]1O)CC2. The minimum atomic E-state index is -0.692. The lowest BCUT2D eigenvalue weighted by Crippen LogP contribution is -2.47. The Kier molecular flexibility index (Phi) is 8.58. The molecule has 246 valence electrons. The number of amides is 2. The van der Waals surface area contributed by atoms with Crippen LogP contribution in [0.1, 0.15) is 30.0 Å². The number of aromatic nitrogens is 1. The van der Waals surface area contributed by atoms with Crippen molar-refractivity contribution < 1.29 is 28.9 Å². The van der Waals surface area contributed by atoms with Crippen molar-refractivity contribution in [3.05, 3.63) is 63.6 Å². The maximum atomic E-state index is 13.3. The van der Waals surface area contributed by atoms with Gasteiger partial charge in [0.25, 0.3) is 11.8 Å². The number of rotatable bonds is 7. The Morgan fingerprint density at radius 1 is 1.06 bits per heavy atom. The van der Waals surface area contributed by atoms with Crippen molar-refractivity contribution in [3.8, 4) is 28.3 Å². The van der Waals surface area contributed by atoms with E-state index in [1.807, 2.05) is 24.3 Å². The number of carbonyl (C=O) groups is 2. The molecule has 4 heterocycles. The fraction of sp³-hybridized carbons (Fsp3) is 0.394. The fourth-order valence-corrected chi connectivity index (χ4v) is 7.13. The number of nitrogens with one attached hydrogen (secondary N) is 2. The van der Waals surface area contributed by atoms with Crippen molar-refractivity contribution in [3.63, 3.8) is 0 Å². The minimum Gasteiger partial charge on any atom is -0.481 e. The number of methoxy groups -OCH3 is 1. The van der Waals surface area contributed by atoms with Gasteiger partial charge in [0, 0.05) is 55.0 Å². The summed E-state index contributed by atoms with van der Waals surface area (Å²) in [6, 6.07) is 12.8. The maximum absolute atomic E-state index is 13.3. The summed E-state index contributed by atoms with van der Waals surface area (Å²) in [5, 5.41) is 23.1. The van der Waals surface area contributed by atoms with E-state index in [4.69, 9.17) is 42.4 Å². The largest absolute Gasteiger partial charge is 0.481 e. The summed E-state index contributed by atoms with van der Waals surface area (Å²) in [7, 11) is 4.81. The molecule has 0 radical (unpaired) electrons. The molecule has 1 aromatic heterocycles. The lowest BCUT2D eigenvalue weighted by molar-refractivity contribution is -0.125. The van der Waals surface area contributed by atoms with Crippen molar-refractivity contribution in [1.82, 2.24) is 20.2 Å². The number of fused-ring (bicyclic) bond motifs is 2. The second-order valence-corrected chi connectivity index (χ2v) is 12.8. The van der Waals surface area contributed by atoms with E-state index in [1.165, 1.54) is 9.91 Å². The van der Waals surface area contributed by atoms with Crippen molar-refractivity contribution in [2.45, 2.75) is 49.9 Å². The van der Waals surface area contributed by atoms with E-state index >= 15 is 0 Å². The van der Waals surface area contributed by atoms with Gasteiger partial charge in [0.15, 0.2) is 12.5 Å². The molecule has 2 unspecified atom stereocenters. The minimum absolute atomic E-state index is 0.00289. The summed E-state index contributed by atoms with van der Waals surface area (Å²) >= 11 is 13.9. The Labute approximate surface area is 281 Å². The highest BCUT2D eigenvalue weighted by Gasteiger charge is 2.51. The number of hydrogen-bond acceptors (Lipinski definition) is 10. The molecule has 0 bridgehead atoms. The van der Waals surface area contributed by atoms with E-state index in [2.05, 4.69) is 15.7 Å². The molecule has 14 heteroatoms. The van der Waals surface area contributed by atoms with Crippen LogP contribution in [-0.2, 0) is 25.5 Å². The first kappa shape index (κ1) is 31.8. The van der Waals surface area contributed by atoms with E-state index in [-0.39, 0.29) is 29.0 Å². The maximum Gasteiger partial charge on any atom is 0.281 e. The number of aryl methyl sites for hydroxylation is 1. The summed E-state index contributed by atoms with van der Waals surface area (Å²) < 4.78 is 16.6. The highest BCUT2D eigenvalue weighted by Crippen LogP contribution is 2.44. The number of epoxide rings is 1. The van der Waals surface area contributed by atoms with Crippen molar-refractivity contribution in [2.24, 2.45) is 5.10 Å². The number of pyridine rings is 1. The molecule has 0 saturated carbocycles. The Hall–Kier alpha value is -3.78. The van der Waals surface area contributed by atoms with Gasteiger partial charge in [-0.25, -0.2) is 4.98 Å². The lowest BCUT2D eigenvalue weighted by atomic mass is 9.99. The molecule has 5 atom stereocenters. The van der Waals surface area contributed by atoms with Crippen LogP contribution in [0.4, 0.5) is 5.69 Å². The molecule has 47 heavy (non-hydrogen) atoms. The summed E-state index contributed by atoms with van der Waals surface area (Å²) in [4.78, 5) is 32.4. The number of aliphatic hydroxyl groups is 1. The summed E-state index contributed by atoms with van der Waals surface area (Å²) in [6.45, 7) is 0.929. The van der Waals surface area contributed by atoms with Crippen LogP contribution in [0.2, 0.25) is 10.0 Å². The van der Waals surface area contributed by atoms with Gasteiger partial charge >= 0.3 is 0 Å². The van der Waals surface area contributed by atoms with Gasteiger partial charge in [-0.15, -0.1) is 0 Å². The number of carbonyl (C=O) groups excluding carboxylic acids is 2. The van der Waals surface area contributed by atoms with Gasteiger partial charge in [-0.05, 0) is 37.0 Å². The van der Waals surface area contributed by atoms with Crippen LogP contribution in [-0.4, -0.2) is 96.5 Å². The molecule has 2 aromatic carbocycles. The Morgan fingerprint density at radius 2 is 1.81 bits per heavy atom. The Balaban J connectivity index is 1.17. The standard InChI is InChI=1S/C33H34Cl2N6O6/c1-40-31(44)28(39-41(2)33-32(40)47-33)29(43)37-22-9-5-7-18(27(22)35)17-6-4-8-19(26(17)34)23-14-16-10-11-21(25(16)30(38-23)45-3)36-20-12-13-46-15-24(20)42/h4-9,14,20-21,24,32-33,36,42H,10-13,15H2,1-3H3,(H,37,43)/t20-,21-,24-,32?,33?/m1/s1. The molecule has 12 nitrogen and oxygen atoms in total. The Bertz CT molecular complexity index is 1790. The quantitative estimate of drug-likeness (QED) is 0.318. The van der Waals surface area contributed by atoms with Crippen molar-refractivity contribution >= 4 is 46.4 Å². The molecular weight excluding hydrogens is 647 g/mol. The molecular formula is C33H34Cl2N6O6. The number of hydrazone groups is 1. The van der Waals surface area contributed by atoms with Crippen molar-refractivity contribution in [1.29, 1.82) is 0 Å². The summed E-state index contributed by atoms with van der Waals surface area (Å²) in [6.07, 6.45) is 0.989. The predicted octanol–water partition coefficient (Wildman–Crippen LogP) is 3.84. The molecule has 2 saturated heterocycles. The molecule has 3 aliphatic heterocycles. The first-order valence-electron chi connectivity index (χ1n) is 15.4. The highest BCUT2D eigenvalue weighted by molar-refractivity contribution is 6.67. The first-order chi connectivity index (χ1) is 22.7. The van der Waals surface area contributed by atoms with Crippen LogP contribution in [0.5, 0.6) is 5.88 Å². The van der Waals surface area contributed by atoms with Gasteiger partial charge in [0.05, 0.1) is 41.2 Å².